The van der Waals surface area contributed by atoms with Crippen LogP contribution in [0.15, 0.2) is 36.5 Å². The molecule has 0 spiro atoms. The van der Waals surface area contributed by atoms with Gasteiger partial charge in [0.1, 0.15) is 17.2 Å². The molecule has 4 N–H and O–H groups in total. The van der Waals surface area contributed by atoms with E-state index in [0.29, 0.717) is 12.4 Å². The fourth-order valence-corrected chi connectivity index (χ4v) is 1.52. The first kappa shape index (κ1) is 13.5. The lowest BCUT2D eigenvalue weighted by Gasteiger charge is -2.06. The highest BCUT2D eigenvalue weighted by Gasteiger charge is 2.05. The number of anilines is 1. The third-order valence-corrected chi connectivity index (χ3v) is 2.52. The number of primary amides is 1. The molecular formula is C13H12N4O3. The Hall–Kier alpha value is -2.96. The fraction of sp³-hybridized carbons (Fsp3) is 0.0769. The van der Waals surface area contributed by atoms with Crippen molar-refractivity contribution in [2.45, 2.75) is 6.54 Å². The molecule has 0 aromatic carbocycles. The lowest BCUT2D eigenvalue weighted by Crippen LogP contribution is -2.14. The molecular weight excluding hydrogens is 260 g/mol. The number of carbonyl (C=O) groups is 2. The summed E-state index contributed by atoms with van der Waals surface area (Å²) in [5, 5.41) is 11.7. The van der Waals surface area contributed by atoms with Crippen LogP contribution in [0.4, 0.5) is 5.82 Å². The molecule has 0 fully saturated rings. The van der Waals surface area contributed by atoms with Gasteiger partial charge >= 0.3 is 5.97 Å². The van der Waals surface area contributed by atoms with Gasteiger partial charge in [0.25, 0.3) is 5.91 Å². The van der Waals surface area contributed by atoms with E-state index in [9.17, 15) is 9.59 Å². The summed E-state index contributed by atoms with van der Waals surface area (Å²) in [5.41, 5.74) is 6.10. The number of carboxylic acid groups (broad SMARTS) is 1. The van der Waals surface area contributed by atoms with Gasteiger partial charge in [-0.05, 0) is 23.8 Å². The third kappa shape index (κ3) is 3.29. The number of aromatic nitrogens is 2. The summed E-state index contributed by atoms with van der Waals surface area (Å²) < 4.78 is 0. The highest BCUT2D eigenvalue weighted by molar-refractivity contribution is 5.91. The molecule has 0 aliphatic rings. The van der Waals surface area contributed by atoms with E-state index in [-0.39, 0.29) is 11.4 Å². The minimum absolute atomic E-state index is 0.0115. The normalized spacial score (nSPS) is 10.0. The topological polar surface area (TPSA) is 118 Å². The molecule has 2 aromatic heterocycles. The second kappa shape index (κ2) is 5.79. The quantitative estimate of drug-likeness (QED) is 0.743. The van der Waals surface area contributed by atoms with Crippen molar-refractivity contribution in [3.63, 3.8) is 0 Å². The summed E-state index contributed by atoms with van der Waals surface area (Å²) >= 11 is 0. The van der Waals surface area contributed by atoms with E-state index in [0.717, 1.165) is 5.56 Å². The van der Waals surface area contributed by atoms with Crippen molar-refractivity contribution in [3.05, 3.63) is 53.5 Å². The Labute approximate surface area is 114 Å². The zero-order chi connectivity index (χ0) is 14.5. The number of hydrogen-bond acceptors (Lipinski definition) is 5. The second-order valence-corrected chi connectivity index (χ2v) is 3.98. The van der Waals surface area contributed by atoms with Crippen LogP contribution >= 0.6 is 0 Å². The minimum atomic E-state index is -1.07. The first-order chi connectivity index (χ1) is 9.56. The first-order valence-corrected chi connectivity index (χ1v) is 5.75. The molecule has 102 valence electrons. The zero-order valence-electron chi connectivity index (χ0n) is 10.4. The molecule has 2 rings (SSSR count). The maximum atomic E-state index is 11.0. The number of amides is 1. The Morgan fingerprint density at radius 3 is 2.60 bits per heavy atom. The molecule has 0 aliphatic carbocycles. The van der Waals surface area contributed by atoms with Crippen molar-refractivity contribution in [2.24, 2.45) is 5.73 Å². The van der Waals surface area contributed by atoms with Crippen molar-refractivity contribution in [2.75, 3.05) is 5.32 Å². The van der Waals surface area contributed by atoms with E-state index in [1.165, 1.54) is 18.3 Å². The number of aromatic carboxylic acids is 1. The average molecular weight is 272 g/mol. The summed E-state index contributed by atoms with van der Waals surface area (Å²) in [4.78, 5) is 29.5. The predicted octanol–water partition coefficient (Wildman–Crippen LogP) is 0.886. The van der Waals surface area contributed by atoms with Crippen LogP contribution in [0.25, 0.3) is 0 Å². The number of nitrogens with zero attached hydrogens (tertiary/aromatic N) is 2. The van der Waals surface area contributed by atoms with Crippen molar-refractivity contribution < 1.29 is 14.7 Å². The van der Waals surface area contributed by atoms with Gasteiger partial charge in [0.05, 0.1) is 0 Å². The van der Waals surface area contributed by atoms with E-state index < -0.39 is 11.9 Å². The predicted molar refractivity (Wildman–Crippen MR) is 71.3 cm³/mol. The Morgan fingerprint density at radius 2 is 2.00 bits per heavy atom. The standard InChI is InChI=1S/C13H12N4O3/c14-12(18)9-2-1-3-11(17-9)16-7-8-4-5-10(13(19)20)15-6-8/h1-6H,7H2,(H2,14,18)(H,16,17)(H,19,20). The van der Waals surface area contributed by atoms with Gasteiger partial charge in [-0.25, -0.2) is 14.8 Å². The van der Waals surface area contributed by atoms with Crippen LogP contribution < -0.4 is 11.1 Å². The molecule has 0 bridgehead atoms. The van der Waals surface area contributed by atoms with Gasteiger partial charge in [0.15, 0.2) is 0 Å². The van der Waals surface area contributed by atoms with E-state index >= 15 is 0 Å². The number of carboxylic acids is 1. The van der Waals surface area contributed by atoms with E-state index in [1.54, 1.807) is 18.2 Å². The lowest BCUT2D eigenvalue weighted by atomic mass is 10.2. The van der Waals surface area contributed by atoms with Gasteiger partial charge < -0.3 is 16.2 Å². The molecule has 20 heavy (non-hydrogen) atoms. The van der Waals surface area contributed by atoms with Crippen LogP contribution in [-0.2, 0) is 6.54 Å². The Balaban J connectivity index is 2.03. The molecule has 2 heterocycles. The van der Waals surface area contributed by atoms with Gasteiger partial charge in [-0.15, -0.1) is 0 Å². The molecule has 0 radical (unpaired) electrons. The smallest absolute Gasteiger partial charge is 0.354 e. The minimum Gasteiger partial charge on any atom is -0.477 e. The van der Waals surface area contributed by atoms with E-state index in [1.807, 2.05) is 0 Å². The van der Waals surface area contributed by atoms with Gasteiger partial charge in [-0.3, -0.25) is 4.79 Å². The van der Waals surface area contributed by atoms with E-state index in [4.69, 9.17) is 10.8 Å². The molecule has 2 aromatic rings. The summed E-state index contributed by atoms with van der Waals surface area (Å²) in [6.45, 7) is 0.405. The van der Waals surface area contributed by atoms with Crippen LogP contribution in [0.5, 0.6) is 0 Å². The van der Waals surface area contributed by atoms with Crippen molar-refractivity contribution in [3.8, 4) is 0 Å². The van der Waals surface area contributed by atoms with Crippen LogP contribution in [0.1, 0.15) is 26.5 Å². The number of nitrogens with two attached hydrogens (primary N) is 1. The summed E-state index contributed by atoms with van der Waals surface area (Å²) in [6, 6.07) is 7.97. The highest BCUT2D eigenvalue weighted by atomic mass is 16.4. The SMILES string of the molecule is NC(=O)c1cccc(NCc2ccc(C(=O)O)nc2)n1. The summed E-state index contributed by atoms with van der Waals surface area (Å²) in [7, 11) is 0. The van der Waals surface area contributed by atoms with Gasteiger partial charge in [0.2, 0.25) is 0 Å². The number of carbonyl (C=O) groups excluding carboxylic acids is 1. The van der Waals surface area contributed by atoms with Crippen LogP contribution in [-0.4, -0.2) is 27.0 Å². The van der Waals surface area contributed by atoms with Gasteiger partial charge in [-0.2, -0.15) is 0 Å². The fourth-order valence-electron chi connectivity index (χ4n) is 1.52. The largest absolute Gasteiger partial charge is 0.477 e. The maximum Gasteiger partial charge on any atom is 0.354 e. The maximum absolute atomic E-state index is 11.0. The first-order valence-electron chi connectivity index (χ1n) is 5.75. The molecule has 0 aliphatic heterocycles. The van der Waals surface area contributed by atoms with Crippen molar-refractivity contribution in [1.82, 2.24) is 9.97 Å². The molecule has 1 amide bonds. The molecule has 7 nitrogen and oxygen atoms in total. The number of nitrogens with one attached hydrogen (secondary N) is 1. The van der Waals surface area contributed by atoms with Crippen LogP contribution in [0.3, 0.4) is 0 Å². The second-order valence-electron chi connectivity index (χ2n) is 3.98. The average Bonchev–Trinajstić information content (AvgIpc) is 2.46. The third-order valence-electron chi connectivity index (χ3n) is 2.52. The number of hydrogen-bond donors (Lipinski definition) is 3. The molecule has 0 saturated carbocycles. The highest BCUT2D eigenvalue weighted by Crippen LogP contribution is 2.07. The Morgan fingerprint density at radius 1 is 1.20 bits per heavy atom. The van der Waals surface area contributed by atoms with Crippen molar-refractivity contribution >= 4 is 17.7 Å². The Kier molecular flexibility index (Phi) is 3.90. The zero-order valence-corrected chi connectivity index (χ0v) is 10.4. The lowest BCUT2D eigenvalue weighted by molar-refractivity contribution is 0.0690. The van der Waals surface area contributed by atoms with Crippen LogP contribution in [0.2, 0.25) is 0 Å². The molecule has 0 saturated heterocycles. The summed E-state index contributed by atoms with van der Waals surface area (Å²) in [6.07, 6.45) is 1.47. The van der Waals surface area contributed by atoms with E-state index in [2.05, 4.69) is 15.3 Å². The molecule has 0 unspecified atom stereocenters. The Bertz CT molecular complexity index is 640. The number of rotatable bonds is 5. The molecule has 7 heteroatoms. The van der Waals surface area contributed by atoms with Crippen molar-refractivity contribution in [1.29, 1.82) is 0 Å². The monoisotopic (exact) mass is 272 g/mol. The van der Waals surface area contributed by atoms with Gasteiger partial charge in [0, 0.05) is 12.7 Å². The number of pyridine rings is 2. The van der Waals surface area contributed by atoms with Crippen LogP contribution in [0, 0.1) is 0 Å². The summed E-state index contributed by atoms with van der Waals surface area (Å²) in [5.74, 6) is -1.16. The molecule has 0 atom stereocenters. The van der Waals surface area contributed by atoms with Gasteiger partial charge in [-0.1, -0.05) is 12.1 Å².